The van der Waals surface area contributed by atoms with Gasteiger partial charge in [-0.3, -0.25) is 0 Å². The molecule has 18 heavy (non-hydrogen) atoms. The van der Waals surface area contributed by atoms with E-state index in [1.165, 1.54) is 36.4 Å². The van der Waals surface area contributed by atoms with Gasteiger partial charge >= 0.3 is 0 Å². The molecule has 0 bridgehead atoms. The van der Waals surface area contributed by atoms with Crippen molar-refractivity contribution in [3.8, 4) is 0 Å². The average Bonchev–Trinajstić information content (AvgIpc) is 2.40. The van der Waals surface area contributed by atoms with Crippen LogP contribution in [0.2, 0.25) is 0 Å². The summed E-state index contributed by atoms with van der Waals surface area (Å²) < 4.78 is 37.2. The fourth-order valence-electron chi connectivity index (χ4n) is 1.53. The standard InChI is InChI=1S/C14H11FO2S/c1-11(12-7-9-13(15)10-8-12)18(16,17)14-5-3-2-4-6-14/h2-10H,1H2. The second-order valence-electron chi connectivity index (χ2n) is 3.75. The van der Waals surface area contributed by atoms with Gasteiger partial charge in [0, 0.05) is 0 Å². The summed E-state index contributed by atoms with van der Waals surface area (Å²) >= 11 is 0. The topological polar surface area (TPSA) is 34.1 Å². The Kier molecular flexibility index (Phi) is 3.30. The molecule has 92 valence electrons. The van der Waals surface area contributed by atoms with E-state index in [1.54, 1.807) is 18.2 Å². The zero-order valence-electron chi connectivity index (χ0n) is 9.51. The quantitative estimate of drug-likeness (QED) is 0.850. The lowest BCUT2D eigenvalue weighted by Crippen LogP contribution is -2.03. The van der Waals surface area contributed by atoms with E-state index in [9.17, 15) is 12.8 Å². The lowest BCUT2D eigenvalue weighted by Gasteiger charge is -2.07. The molecule has 2 aromatic rings. The first-order chi connectivity index (χ1) is 8.51. The van der Waals surface area contributed by atoms with E-state index in [4.69, 9.17) is 0 Å². The maximum Gasteiger partial charge on any atom is 0.206 e. The molecular formula is C14H11FO2S. The molecule has 0 aromatic heterocycles. The number of rotatable bonds is 3. The third-order valence-corrected chi connectivity index (χ3v) is 4.32. The smallest absolute Gasteiger partial charge is 0.206 e. The van der Waals surface area contributed by atoms with Crippen molar-refractivity contribution in [2.24, 2.45) is 0 Å². The number of sulfone groups is 1. The van der Waals surface area contributed by atoms with Crippen LogP contribution >= 0.6 is 0 Å². The second-order valence-corrected chi connectivity index (χ2v) is 5.72. The van der Waals surface area contributed by atoms with E-state index >= 15 is 0 Å². The predicted octanol–water partition coefficient (Wildman–Crippen LogP) is 3.27. The van der Waals surface area contributed by atoms with Crippen molar-refractivity contribution in [3.63, 3.8) is 0 Å². The van der Waals surface area contributed by atoms with Crippen LogP contribution in [0, 0.1) is 5.82 Å². The summed E-state index contributed by atoms with van der Waals surface area (Å²) in [6.07, 6.45) is 0. The summed E-state index contributed by atoms with van der Waals surface area (Å²) in [4.78, 5) is 0.146. The minimum atomic E-state index is -3.62. The first kappa shape index (κ1) is 12.5. The van der Waals surface area contributed by atoms with Crippen LogP contribution < -0.4 is 0 Å². The lowest BCUT2D eigenvalue weighted by molar-refractivity contribution is 0.605. The van der Waals surface area contributed by atoms with Gasteiger partial charge in [0.1, 0.15) is 5.82 Å². The Labute approximate surface area is 105 Å². The lowest BCUT2D eigenvalue weighted by atomic mass is 10.2. The zero-order valence-corrected chi connectivity index (χ0v) is 10.3. The zero-order chi connectivity index (χ0) is 13.2. The van der Waals surface area contributed by atoms with Crippen LogP contribution in [-0.2, 0) is 9.84 Å². The van der Waals surface area contributed by atoms with Gasteiger partial charge in [-0.2, -0.15) is 0 Å². The van der Waals surface area contributed by atoms with Gasteiger partial charge in [0.05, 0.1) is 9.80 Å². The molecule has 0 saturated carbocycles. The molecule has 0 radical (unpaired) electrons. The van der Waals surface area contributed by atoms with E-state index < -0.39 is 15.7 Å². The largest absolute Gasteiger partial charge is 0.219 e. The third-order valence-electron chi connectivity index (χ3n) is 2.54. The van der Waals surface area contributed by atoms with E-state index in [0.29, 0.717) is 5.56 Å². The molecule has 2 rings (SSSR count). The molecule has 4 heteroatoms. The van der Waals surface area contributed by atoms with Gasteiger partial charge in [0.2, 0.25) is 9.84 Å². The first-order valence-corrected chi connectivity index (χ1v) is 6.75. The Morgan fingerprint density at radius 3 is 2.06 bits per heavy atom. The highest BCUT2D eigenvalue weighted by Crippen LogP contribution is 2.26. The van der Waals surface area contributed by atoms with Gasteiger partial charge in [-0.25, -0.2) is 12.8 Å². The maximum absolute atomic E-state index is 12.8. The van der Waals surface area contributed by atoms with Crippen molar-refractivity contribution < 1.29 is 12.8 Å². The molecule has 0 amide bonds. The Balaban J connectivity index is 2.43. The monoisotopic (exact) mass is 262 g/mol. The maximum atomic E-state index is 12.8. The van der Waals surface area contributed by atoms with Crippen LogP contribution in [0.25, 0.3) is 4.91 Å². The van der Waals surface area contributed by atoms with Crippen molar-refractivity contribution in [1.29, 1.82) is 0 Å². The molecule has 0 heterocycles. The summed E-state index contributed by atoms with van der Waals surface area (Å²) in [6.45, 7) is 3.59. The number of hydrogen-bond acceptors (Lipinski definition) is 2. The van der Waals surface area contributed by atoms with Crippen LogP contribution in [-0.4, -0.2) is 8.42 Å². The van der Waals surface area contributed by atoms with Gasteiger partial charge < -0.3 is 0 Å². The average molecular weight is 262 g/mol. The Hall–Kier alpha value is -1.94. The van der Waals surface area contributed by atoms with Crippen LogP contribution in [0.3, 0.4) is 0 Å². The van der Waals surface area contributed by atoms with Gasteiger partial charge in [-0.15, -0.1) is 0 Å². The molecule has 2 aromatic carbocycles. The molecule has 0 spiro atoms. The van der Waals surface area contributed by atoms with Crippen LogP contribution in [0.4, 0.5) is 4.39 Å². The van der Waals surface area contributed by atoms with Crippen LogP contribution in [0.1, 0.15) is 5.56 Å². The van der Waals surface area contributed by atoms with Gasteiger partial charge in [-0.1, -0.05) is 36.9 Å². The normalized spacial score (nSPS) is 11.2. The summed E-state index contributed by atoms with van der Waals surface area (Å²) in [5, 5.41) is 0. The highest BCUT2D eigenvalue weighted by molar-refractivity contribution is 8.00. The summed E-state index contributed by atoms with van der Waals surface area (Å²) in [7, 11) is -3.62. The predicted molar refractivity (Wildman–Crippen MR) is 69.1 cm³/mol. The fraction of sp³-hybridized carbons (Fsp3) is 0. The summed E-state index contributed by atoms with van der Waals surface area (Å²) in [5.74, 6) is -0.413. The molecule has 2 nitrogen and oxygen atoms in total. The number of hydrogen-bond donors (Lipinski definition) is 0. The van der Waals surface area contributed by atoms with Gasteiger partial charge in [0.15, 0.2) is 0 Å². The molecule has 0 aliphatic carbocycles. The fourth-order valence-corrected chi connectivity index (χ4v) is 2.78. The SMILES string of the molecule is C=C(c1ccc(F)cc1)S(=O)(=O)c1ccccc1. The van der Waals surface area contributed by atoms with E-state index in [2.05, 4.69) is 6.58 Å². The molecule has 0 atom stereocenters. The Morgan fingerprint density at radius 2 is 1.50 bits per heavy atom. The second kappa shape index (κ2) is 4.74. The molecule has 0 fully saturated rings. The minimum absolute atomic E-state index is 0.0336. The highest BCUT2D eigenvalue weighted by atomic mass is 32.2. The van der Waals surface area contributed by atoms with Gasteiger partial charge in [-0.05, 0) is 29.8 Å². The molecule has 0 saturated heterocycles. The molecule has 0 unspecified atom stereocenters. The third kappa shape index (κ3) is 2.33. The van der Waals surface area contributed by atoms with Crippen molar-refractivity contribution in [2.45, 2.75) is 4.90 Å². The molecule has 0 N–H and O–H groups in total. The number of halogens is 1. The summed E-state index contributed by atoms with van der Waals surface area (Å²) in [6, 6.07) is 13.3. The molecule has 0 aliphatic heterocycles. The van der Waals surface area contributed by atoms with Gasteiger partial charge in [0.25, 0.3) is 0 Å². The van der Waals surface area contributed by atoms with E-state index in [1.807, 2.05) is 0 Å². The van der Waals surface area contributed by atoms with Crippen molar-refractivity contribution >= 4 is 14.7 Å². The van der Waals surface area contributed by atoms with E-state index in [-0.39, 0.29) is 9.80 Å². The van der Waals surface area contributed by atoms with Crippen molar-refractivity contribution in [3.05, 3.63) is 72.6 Å². The highest BCUT2D eigenvalue weighted by Gasteiger charge is 2.19. The molecule has 0 aliphatic rings. The van der Waals surface area contributed by atoms with Crippen LogP contribution in [0.5, 0.6) is 0 Å². The van der Waals surface area contributed by atoms with Crippen molar-refractivity contribution in [1.82, 2.24) is 0 Å². The van der Waals surface area contributed by atoms with Crippen molar-refractivity contribution in [2.75, 3.05) is 0 Å². The molecular weight excluding hydrogens is 251 g/mol. The Bertz CT molecular complexity index is 659. The first-order valence-electron chi connectivity index (χ1n) is 5.27. The number of benzene rings is 2. The Morgan fingerprint density at radius 1 is 0.944 bits per heavy atom. The van der Waals surface area contributed by atoms with E-state index in [0.717, 1.165) is 0 Å². The minimum Gasteiger partial charge on any atom is -0.219 e. The summed E-state index contributed by atoms with van der Waals surface area (Å²) in [5.41, 5.74) is 0.389. The van der Waals surface area contributed by atoms with Crippen LogP contribution in [0.15, 0.2) is 66.1 Å².